The lowest BCUT2D eigenvalue weighted by molar-refractivity contribution is -0.147. The average Bonchev–Trinajstić information content (AvgIpc) is 1.99. The lowest BCUT2D eigenvalue weighted by Crippen LogP contribution is -2.34. The van der Waals surface area contributed by atoms with Crippen molar-refractivity contribution in [1.82, 2.24) is 0 Å². The Kier molecular flexibility index (Phi) is 4.29. The SMILES string of the molecule is C=C(C[Si](C)(C)C)[C@@](C)(C#N)OC(C)=O. The minimum atomic E-state index is -1.34. The molecular formula is C11H19NO2Si. The molecule has 0 aromatic carbocycles. The molecule has 84 valence electrons. The normalized spacial score (nSPS) is 14.9. The van der Waals surface area contributed by atoms with E-state index in [9.17, 15) is 4.79 Å². The number of esters is 1. The molecule has 0 radical (unpaired) electrons. The van der Waals surface area contributed by atoms with E-state index in [1.54, 1.807) is 6.92 Å². The summed E-state index contributed by atoms with van der Waals surface area (Å²) >= 11 is 0. The van der Waals surface area contributed by atoms with Crippen molar-refractivity contribution in [3.05, 3.63) is 12.2 Å². The number of hydrogen-bond acceptors (Lipinski definition) is 3. The third-order valence-corrected chi connectivity index (χ3v) is 3.47. The van der Waals surface area contributed by atoms with Crippen LogP contribution in [0.3, 0.4) is 0 Å². The largest absolute Gasteiger partial charge is 0.440 e. The second-order valence-electron chi connectivity index (χ2n) is 5.08. The van der Waals surface area contributed by atoms with Gasteiger partial charge in [0.1, 0.15) is 6.07 Å². The van der Waals surface area contributed by atoms with Crippen molar-refractivity contribution in [3.8, 4) is 6.07 Å². The Balaban J connectivity index is 4.76. The minimum Gasteiger partial charge on any atom is -0.440 e. The summed E-state index contributed by atoms with van der Waals surface area (Å²) < 4.78 is 5.02. The van der Waals surface area contributed by atoms with Gasteiger partial charge in [-0.25, -0.2) is 0 Å². The van der Waals surface area contributed by atoms with Gasteiger partial charge in [-0.1, -0.05) is 26.2 Å². The van der Waals surface area contributed by atoms with E-state index in [2.05, 4.69) is 26.2 Å². The molecule has 0 bridgehead atoms. The zero-order chi connectivity index (χ0) is 12.3. The van der Waals surface area contributed by atoms with Gasteiger partial charge in [-0.05, 0) is 18.5 Å². The fourth-order valence-electron chi connectivity index (χ4n) is 1.27. The molecule has 0 spiro atoms. The van der Waals surface area contributed by atoms with Gasteiger partial charge in [0.05, 0.1) is 0 Å². The minimum absolute atomic E-state index is 0.448. The molecule has 0 aromatic heterocycles. The van der Waals surface area contributed by atoms with Crippen molar-refractivity contribution >= 4 is 14.0 Å². The predicted molar refractivity (Wildman–Crippen MR) is 63.1 cm³/mol. The van der Waals surface area contributed by atoms with Crippen molar-refractivity contribution in [2.75, 3.05) is 0 Å². The lowest BCUT2D eigenvalue weighted by atomic mass is 10.0. The van der Waals surface area contributed by atoms with Crippen LogP contribution >= 0.6 is 0 Å². The number of nitriles is 1. The summed E-state index contributed by atoms with van der Waals surface area (Å²) in [6, 6.07) is 2.79. The summed E-state index contributed by atoms with van der Waals surface area (Å²) in [7, 11) is -1.34. The molecule has 15 heavy (non-hydrogen) atoms. The van der Waals surface area contributed by atoms with Gasteiger partial charge in [0.25, 0.3) is 0 Å². The monoisotopic (exact) mass is 225 g/mol. The fourth-order valence-corrected chi connectivity index (χ4v) is 2.89. The van der Waals surface area contributed by atoms with Crippen LogP contribution in [-0.2, 0) is 9.53 Å². The highest BCUT2D eigenvalue weighted by Crippen LogP contribution is 2.27. The van der Waals surface area contributed by atoms with Crippen LogP contribution < -0.4 is 0 Å². The molecule has 3 nitrogen and oxygen atoms in total. The van der Waals surface area contributed by atoms with Crippen molar-refractivity contribution in [1.29, 1.82) is 5.26 Å². The Morgan fingerprint density at radius 3 is 2.27 bits per heavy atom. The second-order valence-corrected chi connectivity index (χ2v) is 10.6. The summed E-state index contributed by atoms with van der Waals surface area (Å²) in [5.41, 5.74) is -0.481. The maximum atomic E-state index is 10.9. The van der Waals surface area contributed by atoms with Crippen LogP contribution in [0.4, 0.5) is 0 Å². The standard InChI is InChI=1S/C11H19NO2Si/c1-9(7-15(4,5)6)11(3,8-12)14-10(2)13/h1,7H2,2-6H3/t11-/m1/s1. The highest BCUT2D eigenvalue weighted by atomic mass is 28.3. The lowest BCUT2D eigenvalue weighted by Gasteiger charge is -2.27. The third kappa shape index (κ3) is 4.80. The van der Waals surface area contributed by atoms with Gasteiger partial charge < -0.3 is 4.74 Å². The summed E-state index contributed by atoms with van der Waals surface area (Å²) in [5, 5.41) is 9.03. The van der Waals surface area contributed by atoms with Gasteiger partial charge >= 0.3 is 5.97 Å². The van der Waals surface area contributed by atoms with Crippen LogP contribution in [0, 0.1) is 11.3 Å². The van der Waals surface area contributed by atoms with Crippen LogP contribution in [0.1, 0.15) is 13.8 Å². The molecule has 4 heteroatoms. The van der Waals surface area contributed by atoms with Crippen LogP contribution in [0.15, 0.2) is 12.2 Å². The van der Waals surface area contributed by atoms with Gasteiger partial charge in [-0.3, -0.25) is 4.79 Å². The second kappa shape index (κ2) is 4.62. The van der Waals surface area contributed by atoms with Gasteiger partial charge in [0, 0.05) is 15.0 Å². The molecule has 0 amide bonds. The first-order chi connectivity index (χ1) is 6.60. The molecule has 0 aliphatic rings. The maximum Gasteiger partial charge on any atom is 0.304 e. The van der Waals surface area contributed by atoms with Gasteiger partial charge in [-0.2, -0.15) is 5.26 Å². The Bertz CT molecular complexity index is 312. The first-order valence-electron chi connectivity index (χ1n) is 4.90. The van der Waals surface area contributed by atoms with Gasteiger partial charge in [-0.15, -0.1) is 0 Å². The molecule has 0 aliphatic heterocycles. The van der Waals surface area contributed by atoms with Crippen LogP contribution in [0.5, 0.6) is 0 Å². The first-order valence-corrected chi connectivity index (χ1v) is 8.60. The molecule has 0 rings (SSSR count). The Labute approximate surface area is 92.7 Å². The van der Waals surface area contributed by atoms with E-state index in [0.29, 0.717) is 5.57 Å². The highest BCUT2D eigenvalue weighted by Gasteiger charge is 2.33. The topological polar surface area (TPSA) is 50.1 Å². The third-order valence-electron chi connectivity index (χ3n) is 1.98. The van der Waals surface area contributed by atoms with E-state index in [0.717, 1.165) is 6.04 Å². The van der Waals surface area contributed by atoms with Crippen molar-refractivity contribution in [2.24, 2.45) is 0 Å². The predicted octanol–water partition coefficient (Wildman–Crippen LogP) is 2.73. The van der Waals surface area contributed by atoms with Crippen molar-refractivity contribution in [3.63, 3.8) is 0 Å². The fraction of sp³-hybridized carbons (Fsp3) is 0.636. The quantitative estimate of drug-likeness (QED) is 0.420. The first kappa shape index (κ1) is 13.9. The molecule has 0 saturated heterocycles. The van der Waals surface area contributed by atoms with Crippen LogP contribution in [0.25, 0.3) is 0 Å². The number of rotatable bonds is 4. The summed E-state index contributed by atoms with van der Waals surface area (Å²) in [6.07, 6.45) is 0. The molecule has 0 aromatic rings. The van der Waals surface area contributed by atoms with Crippen molar-refractivity contribution < 1.29 is 9.53 Å². The number of carbonyl (C=O) groups excluding carboxylic acids is 1. The highest BCUT2D eigenvalue weighted by molar-refractivity contribution is 6.76. The molecule has 0 heterocycles. The molecule has 0 saturated carbocycles. The van der Waals surface area contributed by atoms with E-state index in [4.69, 9.17) is 10.00 Å². The molecule has 0 unspecified atom stereocenters. The molecule has 0 aliphatic carbocycles. The van der Waals surface area contributed by atoms with Crippen LogP contribution in [-0.4, -0.2) is 19.6 Å². The maximum absolute atomic E-state index is 10.9. The zero-order valence-electron chi connectivity index (χ0n) is 10.2. The van der Waals surface area contributed by atoms with E-state index in [1.165, 1.54) is 6.92 Å². The average molecular weight is 225 g/mol. The van der Waals surface area contributed by atoms with Crippen molar-refractivity contribution in [2.45, 2.75) is 45.1 Å². The zero-order valence-corrected chi connectivity index (χ0v) is 11.2. The summed E-state index contributed by atoms with van der Waals surface area (Å²) in [4.78, 5) is 10.9. The smallest absolute Gasteiger partial charge is 0.304 e. The molecule has 0 N–H and O–H groups in total. The van der Waals surface area contributed by atoms with Gasteiger partial charge in [0.15, 0.2) is 0 Å². The molecular weight excluding hydrogens is 206 g/mol. The molecule has 0 fully saturated rings. The number of nitrogens with zero attached hydrogens (tertiary/aromatic N) is 1. The van der Waals surface area contributed by atoms with Crippen LogP contribution in [0.2, 0.25) is 25.7 Å². The number of carbonyl (C=O) groups is 1. The van der Waals surface area contributed by atoms with E-state index in [-0.39, 0.29) is 0 Å². The van der Waals surface area contributed by atoms with E-state index >= 15 is 0 Å². The number of hydrogen-bond donors (Lipinski definition) is 0. The summed E-state index contributed by atoms with van der Waals surface area (Å²) in [6.45, 7) is 13.3. The number of ether oxygens (including phenoxy) is 1. The summed E-state index contributed by atoms with van der Waals surface area (Å²) in [5.74, 6) is -0.448. The Morgan fingerprint density at radius 1 is 1.53 bits per heavy atom. The van der Waals surface area contributed by atoms with E-state index < -0.39 is 19.6 Å². The molecule has 1 atom stereocenters. The Hall–Kier alpha value is -1.08. The van der Waals surface area contributed by atoms with Gasteiger partial charge in [0.2, 0.25) is 5.60 Å². The Morgan fingerprint density at radius 2 is 2.00 bits per heavy atom. The van der Waals surface area contributed by atoms with E-state index in [1.807, 2.05) is 6.07 Å².